The molecule has 198 valence electrons. The Hall–Kier alpha value is -4.39. The fourth-order valence-corrected chi connectivity index (χ4v) is 5.34. The summed E-state index contributed by atoms with van der Waals surface area (Å²) in [4.78, 5) is 16.5. The molecule has 1 aliphatic rings. The fourth-order valence-electron chi connectivity index (χ4n) is 5.34. The minimum absolute atomic E-state index is 0.173. The highest BCUT2D eigenvalue weighted by molar-refractivity contribution is 5.95. The molecule has 0 aliphatic heterocycles. The van der Waals surface area contributed by atoms with Crippen molar-refractivity contribution in [2.45, 2.75) is 52.2 Å². The molecule has 0 bridgehead atoms. The Morgan fingerprint density at radius 3 is 2.62 bits per heavy atom. The number of nitrogens with two attached hydrogens (primary N) is 1. The number of carbonyl (C=O) groups excluding carboxylic acids is 1. The zero-order valence-electron chi connectivity index (χ0n) is 22.3. The third-order valence-corrected chi connectivity index (χ3v) is 7.62. The lowest BCUT2D eigenvalue weighted by molar-refractivity contribution is -0.142. The molecule has 7 heteroatoms. The van der Waals surface area contributed by atoms with Crippen molar-refractivity contribution in [2.75, 3.05) is 12.3 Å². The van der Waals surface area contributed by atoms with E-state index < -0.39 is 0 Å². The maximum atomic E-state index is 12.2. The van der Waals surface area contributed by atoms with Crippen molar-refractivity contribution in [3.8, 4) is 16.9 Å². The van der Waals surface area contributed by atoms with Crippen LogP contribution in [0.15, 0.2) is 66.9 Å². The van der Waals surface area contributed by atoms with Crippen LogP contribution in [0.3, 0.4) is 0 Å². The number of nitrogens with zero attached hydrogens (tertiary/aromatic N) is 3. The van der Waals surface area contributed by atoms with Gasteiger partial charge in [-0.15, -0.1) is 0 Å². The molecule has 2 N–H and O–H groups in total. The zero-order valence-corrected chi connectivity index (χ0v) is 22.3. The molecule has 1 saturated carbocycles. The molecular weight excluding hydrogens is 488 g/mol. The number of carbonyl (C=O) groups is 1. The lowest BCUT2D eigenvalue weighted by Gasteiger charge is -2.26. The average molecular weight is 521 g/mol. The second-order valence-corrected chi connectivity index (χ2v) is 10.2. The van der Waals surface area contributed by atoms with Crippen molar-refractivity contribution in [2.24, 2.45) is 0 Å². The van der Waals surface area contributed by atoms with Crippen LogP contribution >= 0.6 is 0 Å². The number of aryl methyl sites for hydroxylation is 1. The van der Waals surface area contributed by atoms with Gasteiger partial charge in [0.15, 0.2) is 0 Å². The molecule has 0 radical (unpaired) electrons. The Balaban J connectivity index is 1.37. The van der Waals surface area contributed by atoms with Crippen molar-refractivity contribution in [3.63, 3.8) is 0 Å². The number of benzene rings is 3. The number of rotatable bonds is 8. The molecule has 3 aromatic carbocycles. The second-order valence-electron chi connectivity index (χ2n) is 10.2. The summed E-state index contributed by atoms with van der Waals surface area (Å²) >= 11 is 0. The van der Waals surface area contributed by atoms with Crippen LogP contribution in [0.1, 0.15) is 49.0 Å². The summed E-state index contributed by atoms with van der Waals surface area (Å²) in [7, 11) is 0. The molecule has 7 nitrogen and oxygen atoms in total. The zero-order chi connectivity index (χ0) is 26.9. The van der Waals surface area contributed by atoms with Crippen LogP contribution in [0.2, 0.25) is 0 Å². The van der Waals surface area contributed by atoms with E-state index in [9.17, 15) is 4.79 Å². The second kappa shape index (κ2) is 10.4. The predicted molar refractivity (Wildman–Crippen MR) is 154 cm³/mol. The number of pyridine rings is 1. The van der Waals surface area contributed by atoms with Crippen molar-refractivity contribution in [1.82, 2.24) is 14.8 Å². The summed E-state index contributed by atoms with van der Waals surface area (Å²) in [5.74, 6) is 0.980. The summed E-state index contributed by atoms with van der Waals surface area (Å²) in [6.07, 6.45) is 5.40. The van der Waals surface area contributed by atoms with E-state index in [1.807, 2.05) is 38.1 Å². The molecule has 0 unspecified atom stereocenters. The fraction of sp³-hybridized carbons (Fsp3) is 0.281. The van der Waals surface area contributed by atoms with E-state index in [1.54, 1.807) is 6.20 Å². The van der Waals surface area contributed by atoms with Crippen LogP contribution < -0.4 is 10.5 Å². The Labute approximate surface area is 227 Å². The molecule has 0 atom stereocenters. The standard InChI is InChI=1S/C32H32N4O3/c1-3-38-30(37)18-24-7-4-6-20(2)31(24)39-19-28-27-17-23(12-13-29(27)36(35-28)25-8-5-9-25)22-11-10-21-14-15-34-32(33)26(21)16-22/h4,6-7,10-17,25H,3,5,8-9,18-19H2,1-2H3,(H2,33,34). The molecule has 1 fully saturated rings. The minimum Gasteiger partial charge on any atom is -0.487 e. The van der Waals surface area contributed by atoms with Crippen LogP contribution in [-0.4, -0.2) is 27.3 Å². The minimum atomic E-state index is -0.261. The number of nitrogen functional groups attached to an aromatic ring is 1. The highest BCUT2D eigenvalue weighted by Gasteiger charge is 2.24. The molecule has 2 heterocycles. The summed E-state index contributed by atoms with van der Waals surface area (Å²) in [6.45, 7) is 4.46. The van der Waals surface area contributed by atoms with Crippen molar-refractivity contribution in [1.29, 1.82) is 0 Å². The lowest BCUT2D eigenvalue weighted by atomic mass is 9.93. The Bertz CT molecular complexity index is 1690. The highest BCUT2D eigenvalue weighted by atomic mass is 16.5. The number of aromatic nitrogens is 3. The Morgan fingerprint density at radius 1 is 1.05 bits per heavy atom. The van der Waals surface area contributed by atoms with E-state index >= 15 is 0 Å². The maximum Gasteiger partial charge on any atom is 0.310 e. The van der Waals surface area contributed by atoms with Gasteiger partial charge in [-0.1, -0.05) is 36.4 Å². The van der Waals surface area contributed by atoms with Gasteiger partial charge in [0, 0.05) is 22.5 Å². The monoisotopic (exact) mass is 520 g/mol. The van der Waals surface area contributed by atoms with E-state index in [0.29, 0.717) is 30.8 Å². The van der Waals surface area contributed by atoms with Gasteiger partial charge in [0.1, 0.15) is 23.9 Å². The van der Waals surface area contributed by atoms with Gasteiger partial charge in [-0.3, -0.25) is 9.48 Å². The number of hydrogen-bond donors (Lipinski definition) is 1. The van der Waals surface area contributed by atoms with Gasteiger partial charge in [-0.25, -0.2) is 4.98 Å². The summed E-state index contributed by atoms with van der Waals surface area (Å²) in [5.41, 5.74) is 12.1. The van der Waals surface area contributed by atoms with Gasteiger partial charge < -0.3 is 15.2 Å². The summed E-state index contributed by atoms with van der Waals surface area (Å²) < 4.78 is 13.7. The van der Waals surface area contributed by atoms with Gasteiger partial charge in [0.25, 0.3) is 0 Å². The number of anilines is 1. The van der Waals surface area contributed by atoms with Crippen LogP contribution in [-0.2, 0) is 22.6 Å². The molecule has 6 rings (SSSR count). The molecule has 2 aromatic heterocycles. The number of ether oxygens (including phenoxy) is 2. The van der Waals surface area contributed by atoms with E-state index in [2.05, 4.69) is 46.1 Å². The topological polar surface area (TPSA) is 92.3 Å². The summed E-state index contributed by atoms with van der Waals surface area (Å²) in [5, 5.41) is 8.12. The number of fused-ring (bicyclic) bond motifs is 2. The Kier molecular flexibility index (Phi) is 6.65. The number of hydrogen-bond acceptors (Lipinski definition) is 6. The van der Waals surface area contributed by atoms with Gasteiger partial charge in [0.05, 0.1) is 24.6 Å². The van der Waals surface area contributed by atoms with Crippen molar-refractivity contribution >= 4 is 33.5 Å². The first kappa shape index (κ1) is 24.9. The van der Waals surface area contributed by atoms with Crippen molar-refractivity contribution < 1.29 is 14.3 Å². The highest BCUT2D eigenvalue weighted by Crippen LogP contribution is 2.37. The van der Waals surface area contributed by atoms with E-state index in [1.165, 1.54) is 6.42 Å². The third kappa shape index (κ3) is 4.80. The number of para-hydroxylation sites is 1. The van der Waals surface area contributed by atoms with Gasteiger partial charge in [-0.05, 0) is 79.5 Å². The van der Waals surface area contributed by atoms with E-state index in [0.717, 1.165) is 62.5 Å². The number of esters is 1. The molecule has 39 heavy (non-hydrogen) atoms. The van der Waals surface area contributed by atoms with Gasteiger partial charge in [-0.2, -0.15) is 5.10 Å². The van der Waals surface area contributed by atoms with E-state index in [4.69, 9.17) is 20.3 Å². The van der Waals surface area contributed by atoms with Crippen LogP contribution in [0.4, 0.5) is 5.82 Å². The third-order valence-electron chi connectivity index (χ3n) is 7.62. The van der Waals surface area contributed by atoms with Crippen LogP contribution in [0.25, 0.3) is 32.8 Å². The first-order valence-electron chi connectivity index (χ1n) is 13.5. The first-order chi connectivity index (χ1) is 19.0. The molecular formula is C32H32N4O3. The molecule has 5 aromatic rings. The molecule has 0 spiro atoms. The van der Waals surface area contributed by atoms with Gasteiger partial charge >= 0.3 is 5.97 Å². The molecule has 1 aliphatic carbocycles. The van der Waals surface area contributed by atoms with Crippen molar-refractivity contribution in [3.05, 3.63) is 83.7 Å². The van der Waals surface area contributed by atoms with Crippen LogP contribution in [0.5, 0.6) is 5.75 Å². The lowest BCUT2D eigenvalue weighted by Crippen LogP contribution is -2.18. The largest absolute Gasteiger partial charge is 0.487 e. The quantitative estimate of drug-likeness (QED) is 0.233. The first-order valence-corrected chi connectivity index (χ1v) is 13.5. The average Bonchev–Trinajstić information content (AvgIpc) is 3.25. The predicted octanol–water partition coefficient (Wildman–Crippen LogP) is 6.55. The SMILES string of the molecule is CCOC(=O)Cc1cccc(C)c1OCc1nn(C2CCC2)c2ccc(-c3ccc4ccnc(N)c4c3)cc12. The van der Waals surface area contributed by atoms with Gasteiger partial charge in [0.2, 0.25) is 0 Å². The van der Waals surface area contributed by atoms with Crippen LogP contribution in [0, 0.1) is 6.92 Å². The normalized spacial score (nSPS) is 13.5. The summed E-state index contributed by atoms with van der Waals surface area (Å²) in [6, 6.07) is 21.0. The van der Waals surface area contributed by atoms with E-state index in [-0.39, 0.29) is 12.4 Å². The maximum absolute atomic E-state index is 12.2. The molecule has 0 amide bonds. The molecule has 0 saturated heterocycles. The smallest absolute Gasteiger partial charge is 0.310 e. The Morgan fingerprint density at radius 2 is 1.85 bits per heavy atom.